The Morgan fingerprint density at radius 3 is 2.10 bits per heavy atom. The third-order valence-electron chi connectivity index (χ3n) is 4.15. The molecule has 0 saturated carbocycles. The van der Waals surface area contributed by atoms with Crippen LogP contribution in [0.4, 0.5) is 0 Å². The molecule has 0 unspecified atom stereocenters. The Morgan fingerprint density at radius 2 is 1.57 bits per heavy atom. The van der Waals surface area contributed by atoms with Crippen LogP contribution in [0.1, 0.15) is 18.9 Å². The van der Waals surface area contributed by atoms with Gasteiger partial charge in [-0.3, -0.25) is 13.9 Å². The normalized spacial score (nSPS) is 27.5. The number of benzene rings is 1. The molecule has 14 heteroatoms. The van der Waals surface area contributed by atoms with E-state index < -0.39 is 57.5 Å². The van der Waals surface area contributed by atoms with E-state index in [0.29, 0.717) is 6.42 Å². The van der Waals surface area contributed by atoms with Crippen molar-refractivity contribution in [3.05, 3.63) is 35.9 Å². The van der Waals surface area contributed by atoms with Crippen molar-refractivity contribution in [1.29, 1.82) is 0 Å². The van der Waals surface area contributed by atoms with Crippen molar-refractivity contribution in [2.75, 3.05) is 7.11 Å². The Hall–Kier alpha value is -1.65. The summed E-state index contributed by atoms with van der Waals surface area (Å²) in [4.78, 5) is 12.3. The van der Waals surface area contributed by atoms with Crippen molar-refractivity contribution in [2.45, 2.75) is 50.5 Å². The number of aryl methyl sites for hydroxylation is 1. The fraction of sp³-hybridized carbons (Fsp3) is 0.562. The second-order valence-corrected chi connectivity index (χ2v) is 8.46. The molecule has 1 fully saturated rings. The Bertz CT molecular complexity index is 915. The van der Waals surface area contributed by atoms with Gasteiger partial charge in [0.1, 0.15) is 0 Å². The average molecular weight is 470 g/mol. The van der Waals surface area contributed by atoms with Gasteiger partial charge in [-0.25, -0.2) is 8.37 Å². The second kappa shape index (κ2) is 10.1. The number of carbonyl (C=O) groups is 1. The molecule has 12 nitrogen and oxygen atoms in total. The summed E-state index contributed by atoms with van der Waals surface area (Å²) in [5.74, 6) is -0.773. The highest BCUT2D eigenvalue weighted by atomic mass is 32.3. The summed E-state index contributed by atoms with van der Waals surface area (Å²) in [5, 5.41) is 0. The zero-order valence-electron chi connectivity index (χ0n) is 16.0. The molecule has 0 radical (unpaired) electrons. The van der Waals surface area contributed by atoms with Crippen molar-refractivity contribution >= 4 is 26.8 Å². The molecule has 30 heavy (non-hydrogen) atoms. The maximum atomic E-state index is 12.3. The van der Waals surface area contributed by atoms with E-state index in [2.05, 4.69) is 8.37 Å². The van der Waals surface area contributed by atoms with Gasteiger partial charge in [0.2, 0.25) is 0 Å². The monoisotopic (exact) mass is 470 g/mol. The van der Waals surface area contributed by atoms with E-state index in [9.17, 15) is 21.6 Å². The Morgan fingerprint density at radius 1 is 1.00 bits per heavy atom. The molecule has 1 aliphatic heterocycles. The van der Waals surface area contributed by atoms with Crippen LogP contribution < -0.4 is 0 Å². The molecule has 2 N–H and O–H groups in total. The first-order valence-corrected chi connectivity index (χ1v) is 11.4. The predicted molar refractivity (Wildman–Crippen MR) is 98.8 cm³/mol. The first kappa shape index (κ1) is 24.6. The zero-order valence-corrected chi connectivity index (χ0v) is 17.6. The largest absolute Gasteiger partial charge is 0.457 e. The topological polar surface area (TPSA) is 172 Å². The molecule has 0 aliphatic carbocycles. The van der Waals surface area contributed by atoms with Crippen LogP contribution in [-0.4, -0.2) is 69.7 Å². The van der Waals surface area contributed by atoms with Gasteiger partial charge in [-0.15, -0.1) is 0 Å². The maximum absolute atomic E-state index is 12.3. The van der Waals surface area contributed by atoms with Gasteiger partial charge in [0.15, 0.2) is 24.6 Å². The second-order valence-electron chi connectivity index (χ2n) is 6.36. The van der Waals surface area contributed by atoms with Gasteiger partial charge in [0.05, 0.1) is 6.10 Å². The van der Waals surface area contributed by atoms with Gasteiger partial charge >= 0.3 is 26.8 Å². The molecule has 1 aromatic rings. The van der Waals surface area contributed by atoms with E-state index in [4.69, 9.17) is 23.3 Å². The maximum Gasteiger partial charge on any atom is 0.397 e. The van der Waals surface area contributed by atoms with Crippen LogP contribution in [-0.2, 0) is 54.6 Å². The van der Waals surface area contributed by atoms with Gasteiger partial charge in [0, 0.05) is 13.5 Å². The highest BCUT2D eigenvalue weighted by molar-refractivity contribution is 7.81. The Balaban J connectivity index is 2.23. The van der Waals surface area contributed by atoms with Crippen LogP contribution in [0.5, 0.6) is 0 Å². The van der Waals surface area contributed by atoms with Gasteiger partial charge in [0.25, 0.3) is 0 Å². The molecule has 0 aromatic heterocycles. The highest BCUT2D eigenvalue weighted by Crippen LogP contribution is 2.30. The fourth-order valence-corrected chi connectivity index (χ4v) is 3.90. The zero-order chi connectivity index (χ0) is 22.5. The molecule has 1 heterocycles. The molecular weight excluding hydrogens is 448 g/mol. The predicted octanol–water partition coefficient (Wildman–Crippen LogP) is 0.298. The van der Waals surface area contributed by atoms with Crippen LogP contribution in [0.25, 0.3) is 0 Å². The number of rotatable bonds is 9. The van der Waals surface area contributed by atoms with Crippen LogP contribution in [0.2, 0.25) is 0 Å². The fourth-order valence-electron chi connectivity index (χ4n) is 2.92. The minimum atomic E-state index is -5.15. The Kier molecular flexibility index (Phi) is 8.29. The number of carbonyl (C=O) groups excluding carboxylic acids is 1. The molecule has 2 rings (SSSR count). The molecule has 1 saturated heterocycles. The third-order valence-corrected chi connectivity index (χ3v) is 5.08. The molecule has 170 valence electrons. The minimum absolute atomic E-state index is 0.0939. The highest BCUT2D eigenvalue weighted by Gasteiger charge is 2.51. The van der Waals surface area contributed by atoms with E-state index in [1.54, 1.807) is 24.3 Å². The van der Waals surface area contributed by atoms with Crippen molar-refractivity contribution in [3.63, 3.8) is 0 Å². The molecule has 5 atom stereocenters. The van der Waals surface area contributed by atoms with Gasteiger partial charge in [-0.05, 0) is 18.9 Å². The van der Waals surface area contributed by atoms with Crippen LogP contribution >= 0.6 is 0 Å². The number of ether oxygens (including phenoxy) is 3. The van der Waals surface area contributed by atoms with Crippen molar-refractivity contribution in [3.8, 4) is 0 Å². The van der Waals surface area contributed by atoms with Gasteiger partial charge in [-0.2, -0.15) is 16.8 Å². The summed E-state index contributed by atoms with van der Waals surface area (Å²) in [6, 6.07) is 8.97. The lowest BCUT2D eigenvalue weighted by Gasteiger charge is -2.42. The number of hydrogen-bond acceptors (Lipinski definition) is 10. The summed E-state index contributed by atoms with van der Waals surface area (Å²) < 4.78 is 87.5. The quantitative estimate of drug-likeness (QED) is 0.374. The van der Waals surface area contributed by atoms with Gasteiger partial charge in [-0.1, -0.05) is 30.3 Å². The summed E-state index contributed by atoms with van der Waals surface area (Å²) >= 11 is 0. The smallest absolute Gasteiger partial charge is 0.397 e. The molecule has 0 bridgehead atoms. The summed E-state index contributed by atoms with van der Waals surface area (Å²) in [6.07, 6.45) is -7.71. The standard InChI is InChI=1S/C16H22O12S2/c1-10-13(26-12(17)9-8-11-6-4-3-5-7-11)14(27-29(18,19)20)15(16(24-2)25-10)28-30(21,22)23/h3-7,10,13-16H,8-9H2,1-2H3,(H,18,19,20)(H,21,22,23)/t10-,13-,14+,15+,16+/m0/s1. The van der Waals surface area contributed by atoms with Crippen LogP contribution in [0, 0.1) is 0 Å². The molecular formula is C16H22O12S2. The lowest BCUT2D eigenvalue weighted by atomic mass is 9.99. The number of esters is 1. The van der Waals surface area contributed by atoms with E-state index >= 15 is 0 Å². The number of hydrogen-bond donors (Lipinski definition) is 2. The molecule has 0 spiro atoms. The van der Waals surface area contributed by atoms with E-state index in [1.807, 2.05) is 6.07 Å². The summed E-state index contributed by atoms with van der Waals surface area (Å²) in [7, 11) is -9.19. The minimum Gasteiger partial charge on any atom is -0.457 e. The summed E-state index contributed by atoms with van der Waals surface area (Å²) in [5.41, 5.74) is 0.847. The first-order valence-electron chi connectivity index (χ1n) is 8.62. The molecule has 1 aromatic carbocycles. The lowest BCUT2D eigenvalue weighted by Crippen LogP contribution is -2.61. The first-order chi connectivity index (χ1) is 13.9. The van der Waals surface area contributed by atoms with E-state index in [1.165, 1.54) is 6.92 Å². The molecule has 1 aliphatic rings. The Labute approximate surface area is 173 Å². The average Bonchev–Trinajstić information content (AvgIpc) is 2.63. The van der Waals surface area contributed by atoms with Gasteiger partial charge < -0.3 is 14.2 Å². The molecule has 0 amide bonds. The third kappa shape index (κ3) is 7.55. The summed E-state index contributed by atoms with van der Waals surface area (Å²) in [6.45, 7) is 1.38. The van der Waals surface area contributed by atoms with E-state index in [-0.39, 0.29) is 6.42 Å². The number of methoxy groups -OCH3 is 1. The van der Waals surface area contributed by atoms with E-state index in [0.717, 1.165) is 12.7 Å². The van der Waals surface area contributed by atoms with Crippen molar-refractivity contribution in [1.82, 2.24) is 0 Å². The van der Waals surface area contributed by atoms with Crippen LogP contribution in [0.3, 0.4) is 0 Å². The van der Waals surface area contributed by atoms with Crippen molar-refractivity contribution in [2.24, 2.45) is 0 Å². The van der Waals surface area contributed by atoms with Crippen molar-refractivity contribution < 1.29 is 53.3 Å². The van der Waals surface area contributed by atoms with Crippen LogP contribution in [0.15, 0.2) is 30.3 Å². The lowest BCUT2D eigenvalue weighted by molar-refractivity contribution is -0.279. The SMILES string of the molecule is CO[C@@H]1O[C@@H](C)[C@H](OC(=O)CCc2ccccc2)[C@@H](OS(=O)(=O)O)[C@H]1OS(=O)(=O)O.